The van der Waals surface area contributed by atoms with Crippen LogP contribution in [0, 0.1) is 3.57 Å². The van der Waals surface area contributed by atoms with Gasteiger partial charge >= 0.3 is 5.97 Å². The molecule has 0 aromatic heterocycles. The maximum atomic E-state index is 12.8. The zero-order valence-corrected chi connectivity index (χ0v) is 16.9. The van der Waals surface area contributed by atoms with Crippen LogP contribution < -0.4 is 0 Å². The Balaban J connectivity index is 2.36. The number of carbonyl (C=O) groups is 2. The van der Waals surface area contributed by atoms with E-state index >= 15 is 0 Å². The molecule has 0 saturated carbocycles. The van der Waals surface area contributed by atoms with Crippen molar-refractivity contribution < 1.29 is 14.3 Å². The molecule has 0 saturated heterocycles. The smallest absolute Gasteiger partial charge is 0.302 e. The molecule has 25 heavy (non-hydrogen) atoms. The second kappa shape index (κ2) is 8.99. The van der Waals surface area contributed by atoms with Crippen molar-refractivity contribution in [2.45, 2.75) is 27.4 Å². The highest BCUT2D eigenvalue weighted by Gasteiger charge is 2.17. The van der Waals surface area contributed by atoms with E-state index in [1.165, 1.54) is 6.92 Å². The molecule has 2 aromatic carbocycles. The van der Waals surface area contributed by atoms with Crippen LogP contribution in [0.2, 0.25) is 0 Å². The average molecular weight is 451 g/mol. The number of esters is 1. The van der Waals surface area contributed by atoms with Crippen LogP contribution in [-0.2, 0) is 16.1 Å². The van der Waals surface area contributed by atoms with Crippen molar-refractivity contribution >= 4 is 34.5 Å². The third kappa shape index (κ3) is 5.04. The van der Waals surface area contributed by atoms with Crippen LogP contribution in [0.5, 0.6) is 0 Å². The van der Waals surface area contributed by atoms with Crippen LogP contribution in [0.15, 0.2) is 42.5 Å². The first-order valence-electron chi connectivity index (χ1n) is 8.27. The van der Waals surface area contributed by atoms with Gasteiger partial charge in [-0.05, 0) is 71.3 Å². The minimum absolute atomic E-state index is 0.0420. The van der Waals surface area contributed by atoms with Crippen molar-refractivity contribution in [3.05, 3.63) is 57.2 Å². The number of nitrogens with zero attached hydrogens (tertiary/aromatic N) is 1. The van der Waals surface area contributed by atoms with E-state index in [1.807, 2.05) is 61.2 Å². The van der Waals surface area contributed by atoms with Crippen molar-refractivity contribution in [3.8, 4) is 11.1 Å². The molecule has 0 radical (unpaired) electrons. The Morgan fingerprint density at radius 3 is 2.24 bits per heavy atom. The van der Waals surface area contributed by atoms with E-state index in [0.717, 1.165) is 20.3 Å². The molecule has 5 heteroatoms. The van der Waals surface area contributed by atoms with E-state index in [9.17, 15) is 9.59 Å². The van der Waals surface area contributed by atoms with Gasteiger partial charge in [-0.25, -0.2) is 0 Å². The zero-order chi connectivity index (χ0) is 18.4. The normalized spacial score (nSPS) is 10.4. The Kier molecular flexibility index (Phi) is 6.99. The molecule has 0 N–H and O–H groups in total. The molecule has 0 spiro atoms. The SMILES string of the molecule is CCN(CC)C(=O)c1ccc(I)cc1-c1ccc(COC(C)=O)cc1. The number of amides is 1. The summed E-state index contributed by atoms with van der Waals surface area (Å²) in [7, 11) is 0. The van der Waals surface area contributed by atoms with Crippen LogP contribution in [0.25, 0.3) is 11.1 Å². The highest BCUT2D eigenvalue weighted by Crippen LogP contribution is 2.27. The molecule has 0 fully saturated rings. The maximum Gasteiger partial charge on any atom is 0.302 e. The van der Waals surface area contributed by atoms with Gasteiger partial charge in [-0.15, -0.1) is 0 Å². The molecule has 0 bridgehead atoms. The topological polar surface area (TPSA) is 46.6 Å². The molecule has 2 rings (SSSR count). The number of rotatable bonds is 6. The van der Waals surface area contributed by atoms with Crippen molar-refractivity contribution in [2.75, 3.05) is 13.1 Å². The lowest BCUT2D eigenvalue weighted by Gasteiger charge is -2.21. The van der Waals surface area contributed by atoms with Crippen molar-refractivity contribution in [3.63, 3.8) is 0 Å². The van der Waals surface area contributed by atoms with Gasteiger partial charge in [0.2, 0.25) is 0 Å². The van der Waals surface area contributed by atoms with Gasteiger partial charge in [-0.3, -0.25) is 9.59 Å². The van der Waals surface area contributed by atoms with E-state index in [1.54, 1.807) is 0 Å². The molecule has 0 atom stereocenters. The van der Waals surface area contributed by atoms with Gasteiger partial charge in [-0.2, -0.15) is 0 Å². The number of benzene rings is 2. The van der Waals surface area contributed by atoms with Crippen LogP contribution in [0.4, 0.5) is 0 Å². The fourth-order valence-corrected chi connectivity index (χ4v) is 3.08. The molecule has 0 aliphatic heterocycles. The quantitative estimate of drug-likeness (QED) is 0.480. The molecule has 0 unspecified atom stereocenters. The predicted octanol–water partition coefficient (Wildman–Crippen LogP) is 4.50. The first-order chi connectivity index (χ1) is 12.0. The van der Waals surface area contributed by atoms with Gasteiger partial charge in [0.1, 0.15) is 6.61 Å². The lowest BCUT2D eigenvalue weighted by atomic mass is 9.98. The summed E-state index contributed by atoms with van der Waals surface area (Å²) in [5, 5.41) is 0. The number of halogens is 1. The van der Waals surface area contributed by atoms with Gasteiger partial charge in [0.25, 0.3) is 5.91 Å². The Morgan fingerprint density at radius 1 is 1.04 bits per heavy atom. The minimum Gasteiger partial charge on any atom is -0.461 e. The van der Waals surface area contributed by atoms with Crippen LogP contribution in [-0.4, -0.2) is 29.9 Å². The third-order valence-corrected chi connectivity index (χ3v) is 4.64. The van der Waals surface area contributed by atoms with Gasteiger partial charge in [0.05, 0.1) is 0 Å². The molecule has 0 aliphatic carbocycles. The van der Waals surface area contributed by atoms with Crippen molar-refractivity contribution in [1.82, 2.24) is 4.90 Å². The summed E-state index contributed by atoms with van der Waals surface area (Å²) in [6, 6.07) is 13.6. The number of hydrogen-bond donors (Lipinski definition) is 0. The number of ether oxygens (including phenoxy) is 1. The first-order valence-corrected chi connectivity index (χ1v) is 9.35. The third-order valence-electron chi connectivity index (χ3n) is 3.97. The van der Waals surface area contributed by atoms with Gasteiger partial charge < -0.3 is 9.64 Å². The fraction of sp³-hybridized carbons (Fsp3) is 0.300. The molecule has 0 heterocycles. The molecular formula is C20H22INO3. The van der Waals surface area contributed by atoms with Crippen LogP contribution in [0.1, 0.15) is 36.7 Å². The van der Waals surface area contributed by atoms with E-state index in [2.05, 4.69) is 22.6 Å². The number of hydrogen-bond acceptors (Lipinski definition) is 3. The molecule has 132 valence electrons. The lowest BCUT2D eigenvalue weighted by Crippen LogP contribution is -2.30. The predicted molar refractivity (Wildman–Crippen MR) is 107 cm³/mol. The fourth-order valence-electron chi connectivity index (χ4n) is 2.59. The van der Waals surface area contributed by atoms with Gasteiger partial charge in [0, 0.05) is 29.1 Å². The number of carbonyl (C=O) groups excluding carboxylic acids is 2. The Bertz CT molecular complexity index is 752. The van der Waals surface area contributed by atoms with E-state index in [0.29, 0.717) is 18.7 Å². The van der Waals surface area contributed by atoms with E-state index < -0.39 is 0 Å². The van der Waals surface area contributed by atoms with E-state index in [-0.39, 0.29) is 18.5 Å². The van der Waals surface area contributed by atoms with E-state index in [4.69, 9.17) is 4.74 Å². The average Bonchev–Trinajstić information content (AvgIpc) is 2.61. The zero-order valence-electron chi connectivity index (χ0n) is 14.7. The Hall–Kier alpha value is -1.89. The van der Waals surface area contributed by atoms with Crippen molar-refractivity contribution in [2.24, 2.45) is 0 Å². The summed E-state index contributed by atoms with van der Waals surface area (Å²) in [5.74, 6) is -0.255. The second-order valence-corrected chi connectivity index (χ2v) is 6.89. The summed E-state index contributed by atoms with van der Waals surface area (Å²) in [5.41, 5.74) is 3.52. The maximum absolute atomic E-state index is 12.8. The largest absolute Gasteiger partial charge is 0.461 e. The highest BCUT2D eigenvalue weighted by atomic mass is 127. The summed E-state index contributed by atoms with van der Waals surface area (Å²) in [6.07, 6.45) is 0. The molecular weight excluding hydrogens is 429 g/mol. The first kappa shape index (κ1) is 19.4. The second-order valence-electron chi connectivity index (χ2n) is 5.64. The minimum atomic E-state index is -0.297. The van der Waals surface area contributed by atoms with Gasteiger partial charge in [0.15, 0.2) is 0 Å². The van der Waals surface area contributed by atoms with Crippen LogP contribution in [0.3, 0.4) is 0 Å². The van der Waals surface area contributed by atoms with Crippen molar-refractivity contribution in [1.29, 1.82) is 0 Å². The summed E-state index contributed by atoms with van der Waals surface area (Å²) in [4.78, 5) is 25.6. The molecule has 0 aliphatic rings. The highest BCUT2D eigenvalue weighted by molar-refractivity contribution is 14.1. The Morgan fingerprint density at radius 2 is 1.68 bits per heavy atom. The van der Waals surface area contributed by atoms with Gasteiger partial charge in [-0.1, -0.05) is 24.3 Å². The summed E-state index contributed by atoms with van der Waals surface area (Å²) < 4.78 is 6.09. The summed E-state index contributed by atoms with van der Waals surface area (Å²) >= 11 is 2.25. The van der Waals surface area contributed by atoms with Crippen LogP contribution >= 0.6 is 22.6 Å². The molecule has 2 aromatic rings. The summed E-state index contributed by atoms with van der Waals surface area (Å²) in [6.45, 7) is 6.98. The monoisotopic (exact) mass is 451 g/mol. The molecule has 1 amide bonds. The molecule has 4 nitrogen and oxygen atoms in total. The Labute approximate surface area is 162 Å². The standard InChI is InChI=1S/C20H22INO3/c1-4-22(5-2)20(24)18-11-10-17(21)12-19(18)16-8-6-15(7-9-16)13-25-14(3)23/h6-12H,4-5,13H2,1-3H3. The lowest BCUT2D eigenvalue weighted by molar-refractivity contribution is -0.142.